The highest BCUT2D eigenvalue weighted by Gasteiger charge is 2.21. The molecular weight excluding hydrogens is 543 g/mol. The largest absolute Gasteiger partial charge is 0.454 e. The van der Waals surface area contributed by atoms with Crippen LogP contribution in [0.5, 0.6) is 11.5 Å². The molecule has 1 aliphatic heterocycles. The number of benzene rings is 1. The number of aryl methyl sites for hydroxylation is 1. The number of sulfonamides is 1. The average molecular weight is 562 g/mol. The molecule has 0 bridgehead atoms. The van der Waals surface area contributed by atoms with Gasteiger partial charge in [-0.25, -0.2) is 28.1 Å². The molecule has 3 heterocycles. The van der Waals surface area contributed by atoms with E-state index in [1.54, 1.807) is 6.92 Å². The van der Waals surface area contributed by atoms with Gasteiger partial charge < -0.3 is 19.8 Å². The summed E-state index contributed by atoms with van der Waals surface area (Å²) in [5, 5.41) is 0.648. The number of rotatable bonds is 8. The Morgan fingerprint density at radius 3 is 2.83 bits per heavy atom. The first-order valence-corrected chi connectivity index (χ1v) is 12.6. The monoisotopic (exact) mass is 562 g/mol. The van der Waals surface area contributed by atoms with Gasteiger partial charge in [0.25, 0.3) is 0 Å². The molecule has 0 radical (unpaired) electrons. The van der Waals surface area contributed by atoms with Gasteiger partial charge in [0.05, 0.1) is 5.75 Å². The molecule has 0 fully saturated rings. The van der Waals surface area contributed by atoms with Crippen molar-refractivity contribution in [1.29, 1.82) is 0 Å². The number of nitrogen functional groups attached to an aromatic ring is 1. The van der Waals surface area contributed by atoms with Crippen LogP contribution in [0.3, 0.4) is 0 Å². The lowest BCUT2D eigenvalue weighted by Gasteiger charge is -2.10. The van der Waals surface area contributed by atoms with Crippen LogP contribution in [0.15, 0.2) is 28.5 Å². The third-order valence-corrected chi connectivity index (χ3v) is 8.18. The highest BCUT2D eigenvalue weighted by atomic mass is 127. The molecular formula is C17H19IN6O4S2. The van der Waals surface area contributed by atoms with E-state index >= 15 is 0 Å². The van der Waals surface area contributed by atoms with E-state index in [0.717, 1.165) is 8.47 Å². The molecule has 3 aromatic rings. The molecule has 2 aromatic heterocycles. The highest BCUT2D eigenvalue weighted by molar-refractivity contribution is 14.1. The van der Waals surface area contributed by atoms with Gasteiger partial charge in [-0.15, -0.1) is 0 Å². The van der Waals surface area contributed by atoms with Crippen molar-refractivity contribution in [2.75, 3.05) is 24.8 Å². The second kappa shape index (κ2) is 8.72. The Labute approximate surface area is 191 Å². The number of aromatic nitrogens is 4. The maximum atomic E-state index is 12.0. The zero-order chi connectivity index (χ0) is 21.3. The lowest BCUT2D eigenvalue weighted by molar-refractivity contribution is 0.174. The summed E-state index contributed by atoms with van der Waals surface area (Å²) in [4.78, 5) is 13.9. The topological polar surface area (TPSA) is 134 Å². The zero-order valence-electron chi connectivity index (χ0n) is 16.0. The van der Waals surface area contributed by atoms with Crippen LogP contribution in [0.1, 0.15) is 13.3 Å². The van der Waals surface area contributed by atoms with Gasteiger partial charge in [-0.05, 0) is 41.1 Å². The highest BCUT2D eigenvalue weighted by Crippen LogP contribution is 2.41. The van der Waals surface area contributed by atoms with Gasteiger partial charge in [0, 0.05) is 21.6 Å². The Morgan fingerprint density at radius 2 is 2.07 bits per heavy atom. The van der Waals surface area contributed by atoms with Gasteiger partial charge in [-0.1, -0.05) is 18.7 Å². The minimum atomic E-state index is -3.31. The van der Waals surface area contributed by atoms with E-state index in [1.165, 1.54) is 18.1 Å². The predicted molar refractivity (Wildman–Crippen MR) is 121 cm³/mol. The number of nitrogens with zero attached hydrogens (tertiary/aromatic N) is 4. The molecule has 0 saturated heterocycles. The molecule has 13 heteroatoms. The molecule has 0 unspecified atom stereocenters. The molecule has 3 N–H and O–H groups in total. The maximum absolute atomic E-state index is 12.0. The molecule has 30 heavy (non-hydrogen) atoms. The van der Waals surface area contributed by atoms with Gasteiger partial charge in [0.2, 0.25) is 16.8 Å². The van der Waals surface area contributed by atoms with Gasteiger partial charge in [0.1, 0.15) is 6.33 Å². The van der Waals surface area contributed by atoms with Crippen molar-refractivity contribution in [2.24, 2.45) is 0 Å². The maximum Gasteiger partial charge on any atom is 0.231 e. The molecule has 0 amide bonds. The minimum absolute atomic E-state index is 0.00669. The number of imidazole rings is 1. The summed E-state index contributed by atoms with van der Waals surface area (Å²) in [6, 6.07) is 3.82. The quantitative estimate of drug-likeness (QED) is 0.397. The van der Waals surface area contributed by atoms with Gasteiger partial charge in [-0.3, -0.25) is 0 Å². The van der Waals surface area contributed by atoms with E-state index < -0.39 is 10.0 Å². The molecule has 1 aliphatic rings. The van der Waals surface area contributed by atoms with Crippen molar-refractivity contribution in [2.45, 2.75) is 29.9 Å². The van der Waals surface area contributed by atoms with Crippen LogP contribution >= 0.6 is 34.4 Å². The summed E-state index contributed by atoms with van der Waals surface area (Å²) >= 11 is 3.66. The molecule has 160 valence electrons. The normalized spacial score (nSPS) is 13.3. The number of fused-ring (bicyclic) bond motifs is 2. The number of nitrogens with one attached hydrogen (secondary N) is 1. The number of anilines is 1. The summed E-state index contributed by atoms with van der Waals surface area (Å²) in [5.41, 5.74) is 7.05. The summed E-state index contributed by atoms with van der Waals surface area (Å²) < 4.78 is 40.2. The van der Waals surface area contributed by atoms with Gasteiger partial charge >= 0.3 is 0 Å². The summed E-state index contributed by atoms with van der Waals surface area (Å²) in [6.07, 6.45) is 1.78. The van der Waals surface area contributed by atoms with Crippen LogP contribution in [-0.4, -0.2) is 47.0 Å². The average Bonchev–Trinajstić information content (AvgIpc) is 3.27. The van der Waals surface area contributed by atoms with Crippen molar-refractivity contribution in [3.8, 4) is 11.5 Å². The minimum Gasteiger partial charge on any atom is -0.454 e. The summed E-state index contributed by atoms with van der Waals surface area (Å²) in [6.45, 7) is 2.73. The van der Waals surface area contributed by atoms with Crippen LogP contribution in [0, 0.1) is 3.57 Å². The van der Waals surface area contributed by atoms with Crippen molar-refractivity contribution in [3.63, 3.8) is 0 Å². The van der Waals surface area contributed by atoms with Crippen molar-refractivity contribution in [3.05, 3.63) is 22.0 Å². The fraction of sp³-hybridized carbons (Fsp3) is 0.353. The molecule has 4 rings (SSSR count). The Bertz CT molecular complexity index is 1200. The first-order valence-electron chi connectivity index (χ1n) is 9.09. The Hall–Kier alpha value is -1.84. The lowest BCUT2D eigenvalue weighted by Crippen LogP contribution is -2.26. The van der Waals surface area contributed by atoms with E-state index in [4.69, 9.17) is 15.2 Å². The van der Waals surface area contributed by atoms with Crippen molar-refractivity contribution < 1.29 is 17.9 Å². The fourth-order valence-corrected chi connectivity index (χ4v) is 5.80. The van der Waals surface area contributed by atoms with Crippen LogP contribution in [-0.2, 0) is 16.6 Å². The predicted octanol–water partition coefficient (Wildman–Crippen LogP) is 2.22. The molecule has 10 nitrogen and oxygen atoms in total. The number of hydrogen-bond donors (Lipinski definition) is 2. The van der Waals surface area contributed by atoms with E-state index in [0.29, 0.717) is 47.3 Å². The molecule has 0 atom stereocenters. The molecule has 1 aromatic carbocycles. The van der Waals surface area contributed by atoms with Gasteiger partial charge in [0.15, 0.2) is 33.6 Å². The number of hydrogen-bond acceptors (Lipinski definition) is 9. The Kier molecular flexibility index (Phi) is 6.22. The summed E-state index contributed by atoms with van der Waals surface area (Å²) in [7, 11) is -3.31. The first kappa shape index (κ1) is 21.4. The number of halogens is 1. The second-order valence-electron chi connectivity index (χ2n) is 6.39. The van der Waals surface area contributed by atoms with E-state index in [-0.39, 0.29) is 18.4 Å². The fourth-order valence-electron chi connectivity index (χ4n) is 2.99. The van der Waals surface area contributed by atoms with E-state index in [1.807, 2.05) is 16.7 Å². The smallest absolute Gasteiger partial charge is 0.231 e. The van der Waals surface area contributed by atoms with Gasteiger partial charge in [-0.2, -0.15) is 0 Å². The van der Waals surface area contributed by atoms with Crippen molar-refractivity contribution in [1.82, 2.24) is 24.2 Å². The molecule has 0 aliphatic carbocycles. The number of nitrogens with two attached hydrogens (primary N) is 1. The molecule has 0 saturated carbocycles. The zero-order valence-corrected chi connectivity index (χ0v) is 19.8. The standard InChI is InChI=1S/C17H19IN6O4S2/c1-2-22-30(25,26)5-3-4-24-16-14(15(19)20-8-21-16)23-17(24)29-13-7-12-11(6-10(13)18)27-9-28-12/h6-8,22H,2-5,9H2,1H3,(H2,19,20,21). The Morgan fingerprint density at radius 1 is 1.30 bits per heavy atom. The third-order valence-electron chi connectivity index (χ3n) is 4.31. The van der Waals surface area contributed by atoms with Crippen LogP contribution in [0.2, 0.25) is 0 Å². The second-order valence-corrected chi connectivity index (χ2v) is 10.5. The van der Waals surface area contributed by atoms with Crippen molar-refractivity contribution >= 4 is 61.4 Å². The van der Waals surface area contributed by atoms with E-state index in [2.05, 4.69) is 42.3 Å². The van der Waals surface area contributed by atoms with Crippen LogP contribution in [0.4, 0.5) is 5.82 Å². The molecule has 0 spiro atoms. The number of ether oxygens (including phenoxy) is 2. The first-order chi connectivity index (χ1) is 14.4. The Balaban J connectivity index is 1.66. The van der Waals surface area contributed by atoms with Crippen LogP contribution < -0.4 is 19.9 Å². The third kappa shape index (κ3) is 4.43. The SMILES string of the molecule is CCNS(=O)(=O)CCCn1c(Sc2cc3c(cc2I)OCO3)nc2c(N)ncnc21. The summed E-state index contributed by atoms with van der Waals surface area (Å²) in [5.74, 6) is 1.67. The van der Waals surface area contributed by atoms with E-state index in [9.17, 15) is 8.42 Å². The lowest BCUT2D eigenvalue weighted by atomic mass is 10.3. The van der Waals surface area contributed by atoms with Crippen LogP contribution in [0.25, 0.3) is 11.2 Å².